The normalized spacial score (nSPS) is 47.6. The maximum atomic E-state index is 13.7. The van der Waals surface area contributed by atoms with E-state index < -0.39 is 17.5 Å². The number of carbonyl (C=O) groups is 1. The summed E-state index contributed by atoms with van der Waals surface area (Å²) in [6.07, 6.45) is 10.4. The van der Waals surface area contributed by atoms with Crippen LogP contribution in [0.3, 0.4) is 0 Å². The summed E-state index contributed by atoms with van der Waals surface area (Å²) in [5.41, 5.74) is 2.53. The number of aliphatic hydroxyl groups excluding tert-OH is 1. The smallest absolute Gasteiger partial charge is 0.309 e. The molecule has 0 saturated heterocycles. The van der Waals surface area contributed by atoms with Crippen molar-refractivity contribution in [2.45, 2.75) is 105 Å². The highest BCUT2D eigenvalue weighted by Crippen LogP contribution is 2.77. The molecule has 5 aliphatic carbocycles. The summed E-state index contributed by atoms with van der Waals surface area (Å²) in [5, 5.41) is 22.4. The molecule has 5 saturated carbocycles. The molecule has 0 spiro atoms. The zero-order valence-corrected chi connectivity index (χ0v) is 26.1. The Balaban J connectivity index is 1.41. The van der Waals surface area contributed by atoms with E-state index in [0.29, 0.717) is 23.7 Å². The molecule has 1 aromatic rings. The van der Waals surface area contributed by atoms with Crippen LogP contribution in [0.2, 0.25) is 0 Å². The van der Waals surface area contributed by atoms with E-state index in [2.05, 4.69) is 54.2 Å². The Kier molecular flexibility index (Phi) is 6.60. The van der Waals surface area contributed by atoms with Gasteiger partial charge in [-0.1, -0.05) is 65.0 Å². The Morgan fingerprint density at radius 2 is 1.61 bits per heavy atom. The maximum absolute atomic E-state index is 13.7. The first kappa shape index (κ1) is 29.1. The molecule has 0 radical (unpaired) electrons. The maximum Gasteiger partial charge on any atom is 0.309 e. The molecule has 10 atom stereocenters. The van der Waals surface area contributed by atoms with Crippen molar-refractivity contribution in [3.05, 3.63) is 53.4 Å². The second-order valence-electron chi connectivity index (χ2n) is 16.3. The molecular formula is C37H51FO3. The van der Waals surface area contributed by atoms with E-state index in [0.717, 1.165) is 68.9 Å². The molecule has 1 aromatic carbocycles. The van der Waals surface area contributed by atoms with E-state index in [-0.39, 0.29) is 33.4 Å². The van der Waals surface area contributed by atoms with Crippen LogP contribution in [-0.2, 0) is 4.79 Å². The predicted molar refractivity (Wildman–Crippen MR) is 162 cm³/mol. The summed E-state index contributed by atoms with van der Waals surface area (Å²) in [6.45, 7) is 18.6. The molecule has 3 nitrogen and oxygen atoms in total. The van der Waals surface area contributed by atoms with Gasteiger partial charge in [0, 0.05) is 0 Å². The number of hydrogen-bond donors (Lipinski definition) is 2. The van der Waals surface area contributed by atoms with E-state index in [4.69, 9.17) is 0 Å². The van der Waals surface area contributed by atoms with Gasteiger partial charge in [-0.25, -0.2) is 4.39 Å². The van der Waals surface area contributed by atoms with Crippen LogP contribution < -0.4 is 0 Å². The van der Waals surface area contributed by atoms with Gasteiger partial charge in [-0.05, 0) is 139 Å². The minimum Gasteiger partial charge on any atom is -0.481 e. The summed E-state index contributed by atoms with van der Waals surface area (Å²) in [5.74, 6) is 0.969. The van der Waals surface area contributed by atoms with Gasteiger partial charge in [0.2, 0.25) is 0 Å². The molecule has 0 unspecified atom stereocenters. The third kappa shape index (κ3) is 3.80. The van der Waals surface area contributed by atoms with Crippen LogP contribution in [-0.4, -0.2) is 22.3 Å². The second kappa shape index (κ2) is 9.28. The first-order valence-corrected chi connectivity index (χ1v) is 16.1. The number of aliphatic hydroxyl groups is 1. The molecule has 2 N–H and O–H groups in total. The fourth-order valence-corrected chi connectivity index (χ4v) is 12.5. The van der Waals surface area contributed by atoms with E-state index in [1.807, 2.05) is 12.1 Å². The molecule has 5 aliphatic rings. The van der Waals surface area contributed by atoms with Gasteiger partial charge in [-0.2, -0.15) is 0 Å². The van der Waals surface area contributed by atoms with Gasteiger partial charge in [-0.3, -0.25) is 4.79 Å². The van der Waals surface area contributed by atoms with Crippen LogP contribution in [0.25, 0.3) is 6.08 Å². The quantitative estimate of drug-likeness (QED) is 0.362. The van der Waals surface area contributed by atoms with Gasteiger partial charge >= 0.3 is 5.97 Å². The molecule has 5 fully saturated rings. The standard InChI is InChI=1S/C37H51FO3/c1-22(2)26-14-17-37(32(40)41)19-18-35(6)27(30(26)37)12-13-29-34(5)21-24(20-23-8-10-25(38)11-9-23)31(39)33(3,4)28(34)15-16-36(29,35)7/h8-11,20,26-31,39H,1,12-19,21H2,2-7H3,(H,40,41)/b24-20+/t26-,27+,28-,29+,30+,31-,34-,35+,36+,37-/m0/s1. The van der Waals surface area contributed by atoms with E-state index in [1.165, 1.54) is 17.7 Å². The Morgan fingerprint density at radius 1 is 0.927 bits per heavy atom. The largest absolute Gasteiger partial charge is 0.481 e. The average Bonchev–Trinajstić information content (AvgIpc) is 3.30. The number of benzene rings is 1. The third-order valence-electron chi connectivity index (χ3n) is 14.5. The van der Waals surface area contributed by atoms with Gasteiger partial charge in [0.05, 0.1) is 11.5 Å². The number of hydrogen-bond acceptors (Lipinski definition) is 2. The highest BCUT2D eigenvalue weighted by molar-refractivity contribution is 5.76. The molecule has 6 rings (SSSR count). The van der Waals surface area contributed by atoms with Crippen molar-refractivity contribution in [1.29, 1.82) is 0 Å². The SMILES string of the molecule is C=C(C)[C@@H]1CC[C@]2(C(=O)O)CC[C@]3(C)[C@H](CC[C@@H]4[C@@]5(C)C/C(=C\c6ccc(F)cc6)[C@H](O)C(C)(C)[C@@H]5CC[C@]43C)[C@@H]12. The summed E-state index contributed by atoms with van der Waals surface area (Å²) in [6, 6.07) is 6.62. The van der Waals surface area contributed by atoms with Crippen molar-refractivity contribution in [1.82, 2.24) is 0 Å². The summed E-state index contributed by atoms with van der Waals surface area (Å²) in [7, 11) is 0. The molecule has 0 aliphatic heterocycles. The molecule has 224 valence electrons. The lowest BCUT2D eigenvalue weighted by atomic mass is 9.32. The lowest BCUT2D eigenvalue weighted by molar-refractivity contribution is -0.240. The van der Waals surface area contributed by atoms with Crippen LogP contribution in [0.1, 0.15) is 105 Å². The van der Waals surface area contributed by atoms with E-state index in [1.54, 1.807) is 0 Å². The van der Waals surface area contributed by atoms with Crippen molar-refractivity contribution in [2.24, 2.45) is 56.7 Å². The number of allylic oxidation sites excluding steroid dienone is 1. The third-order valence-corrected chi connectivity index (χ3v) is 14.5. The minimum atomic E-state index is -0.597. The average molecular weight is 563 g/mol. The first-order chi connectivity index (χ1) is 19.1. The highest BCUT2D eigenvalue weighted by atomic mass is 19.1. The molecule has 4 heteroatoms. The topological polar surface area (TPSA) is 57.5 Å². The Hall–Kier alpha value is -1.94. The molecule has 0 bridgehead atoms. The van der Waals surface area contributed by atoms with Crippen LogP contribution in [0.5, 0.6) is 0 Å². The Labute approximate surface area is 246 Å². The first-order valence-electron chi connectivity index (χ1n) is 16.1. The summed E-state index contributed by atoms with van der Waals surface area (Å²) in [4.78, 5) is 12.9. The van der Waals surface area contributed by atoms with Gasteiger partial charge in [0.1, 0.15) is 5.82 Å². The van der Waals surface area contributed by atoms with Crippen molar-refractivity contribution in [2.75, 3.05) is 0 Å². The zero-order valence-electron chi connectivity index (χ0n) is 26.1. The molecule has 0 heterocycles. The monoisotopic (exact) mass is 562 g/mol. The van der Waals surface area contributed by atoms with Gasteiger partial charge < -0.3 is 10.2 Å². The molecular weight excluding hydrogens is 511 g/mol. The van der Waals surface area contributed by atoms with Crippen LogP contribution >= 0.6 is 0 Å². The number of halogens is 1. The van der Waals surface area contributed by atoms with Crippen LogP contribution in [0, 0.1) is 62.5 Å². The van der Waals surface area contributed by atoms with Gasteiger partial charge in [-0.15, -0.1) is 0 Å². The number of aliphatic carboxylic acids is 1. The van der Waals surface area contributed by atoms with E-state index >= 15 is 0 Å². The highest BCUT2D eigenvalue weighted by Gasteiger charge is 2.72. The zero-order chi connectivity index (χ0) is 29.8. The molecule has 0 amide bonds. The van der Waals surface area contributed by atoms with Crippen molar-refractivity contribution in [3.8, 4) is 0 Å². The van der Waals surface area contributed by atoms with Crippen molar-refractivity contribution >= 4 is 12.0 Å². The molecule has 41 heavy (non-hydrogen) atoms. The molecule has 0 aromatic heterocycles. The number of carboxylic acid groups (broad SMARTS) is 1. The fourth-order valence-electron chi connectivity index (χ4n) is 12.5. The van der Waals surface area contributed by atoms with Gasteiger partial charge in [0.15, 0.2) is 0 Å². The predicted octanol–water partition coefficient (Wildman–Crippen LogP) is 8.92. The lowest BCUT2D eigenvalue weighted by Gasteiger charge is -2.72. The number of rotatable bonds is 3. The minimum absolute atomic E-state index is 0.0281. The van der Waals surface area contributed by atoms with Gasteiger partial charge in [0.25, 0.3) is 0 Å². The van der Waals surface area contributed by atoms with Crippen molar-refractivity contribution < 1.29 is 19.4 Å². The van der Waals surface area contributed by atoms with Crippen molar-refractivity contribution in [3.63, 3.8) is 0 Å². The van der Waals surface area contributed by atoms with E-state index in [9.17, 15) is 19.4 Å². The summed E-state index contributed by atoms with van der Waals surface area (Å²) < 4.78 is 13.7. The number of fused-ring (bicyclic) bond motifs is 7. The second-order valence-corrected chi connectivity index (χ2v) is 16.3. The van der Waals surface area contributed by atoms with Crippen LogP contribution in [0.15, 0.2) is 42.0 Å². The summed E-state index contributed by atoms with van der Waals surface area (Å²) >= 11 is 0. The van der Waals surface area contributed by atoms with Crippen LogP contribution in [0.4, 0.5) is 4.39 Å². The lowest BCUT2D eigenvalue weighted by Crippen LogP contribution is -2.67. The Morgan fingerprint density at radius 3 is 2.24 bits per heavy atom. The fraction of sp³-hybridized carbons (Fsp3) is 0.703. The Bertz CT molecular complexity index is 1280. The number of carboxylic acids is 1.